The highest BCUT2D eigenvalue weighted by molar-refractivity contribution is 7.17. The Balaban J connectivity index is 1.97. The molecule has 3 nitrogen and oxygen atoms in total. The lowest BCUT2D eigenvalue weighted by Crippen LogP contribution is -1.97. The van der Waals surface area contributed by atoms with Gasteiger partial charge in [-0.25, -0.2) is 4.98 Å². The highest BCUT2D eigenvalue weighted by atomic mass is 35.5. The van der Waals surface area contributed by atoms with Gasteiger partial charge < -0.3 is 0 Å². The van der Waals surface area contributed by atoms with Crippen LogP contribution >= 0.6 is 22.9 Å². The van der Waals surface area contributed by atoms with Crippen molar-refractivity contribution in [2.45, 2.75) is 32.6 Å². The molecule has 3 aromatic rings. The van der Waals surface area contributed by atoms with E-state index < -0.39 is 0 Å². The Hall–Kier alpha value is -1.83. The van der Waals surface area contributed by atoms with Crippen LogP contribution in [0.15, 0.2) is 18.2 Å². The van der Waals surface area contributed by atoms with Gasteiger partial charge in [0, 0.05) is 21.2 Å². The van der Waals surface area contributed by atoms with Crippen LogP contribution in [0.5, 0.6) is 0 Å². The van der Waals surface area contributed by atoms with Gasteiger partial charge in [0.1, 0.15) is 0 Å². The molecule has 0 N–H and O–H groups in total. The fourth-order valence-electron chi connectivity index (χ4n) is 3.20. The number of aromatic nitrogens is 2. The van der Waals surface area contributed by atoms with Crippen LogP contribution in [-0.4, -0.2) is 9.38 Å². The molecule has 0 spiro atoms. The second kappa shape index (κ2) is 5.12. The van der Waals surface area contributed by atoms with Crippen LogP contribution in [0.3, 0.4) is 0 Å². The number of benzene rings is 1. The highest BCUT2D eigenvalue weighted by Crippen LogP contribution is 2.36. The summed E-state index contributed by atoms with van der Waals surface area (Å²) >= 11 is 7.89. The van der Waals surface area contributed by atoms with Gasteiger partial charge in [-0.15, -0.1) is 11.3 Å². The minimum atomic E-state index is 0.376. The maximum atomic E-state index is 9.24. The topological polar surface area (TPSA) is 41.1 Å². The maximum absolute atomic E-state index is 9.24. The summed E-state index contributed by atoms with van der Waals surface area (Å²) < 4.78 is 2.22. The van der Waals surface area contributed by atoms with Crippen molar-refractivity contribution in [3.8, 4) is 17.3 Å². The molecule has 2 heterocycles. The van der Waals surface area contributed by atoms with Crippen LogP contribution in [-0.2, 0) is 19.3 Å². The third kappa shape index (κ3) is 1.97. The molecule has 0 saturated carbocycles. The Labute approximate surface area is 137 Å². The molecule has 0 bridgehead atoms. The first kappa shape index (κ1) is 13.8. The standard InChI is InChI=1S/C17H14ClN3S/c1-10-9-11(5-6-12(10)18)16-14(7-8-19)21-13-3-2-4-15(13)22-17(21)20-16/h5-6,9H,2-4,7H2,1H3. The van der Waals surface area contributed by atoms with Crippen molar-refractivity contribution in [1.82, 2.24) is 9.38 Å². The summed E-state index contributed by atoms with van der Waals surface area (Å²) in [7, 11) is 0. The van der Waals surface area contributed by atoms with E-state index in [1.165, 1.54) is 17.0 Å². The molecule has 0 amide bonds. The zero-order chi connectivity index (χ0) is 15.3. The predicted molar refractivity (Wildman–Crippen MR) is 89.6 cm³/mol. The monoisotopic (exact) mass is 327 g/mol. The molecule has 1 aliphatic rings. The Bertz CT molecular complexity index is 930. The van der Waals surface area contributed by atoms with Gasteiger partial charge in [0.05, 0.1) is 23.9 Å². The molecular formula is C17H14ClN3S. The van der Waals surface area contributed by atoms with E-state index in [9.17, 15) is 5.26 Å². The molecule has 110 valence electrons. The van der Waals surface area contributed by atoms with Crippen LogP contribution in [0.2, 0.25) is 5.02 Å². The van der Waals surface area contributed by atoms with Crippen molar-refractivity contribution in [3.05, 3.63) is 45.1 Å². The summed E-state index contributed by atoms with van der Waals surface area (Å²) in [4.78, 5) is 7.27. The molecule has 22 heavy (non-hydrogen) atoms. The van der Waals surface area contributed by atoms with Gasteiger partial charge in [-0.2, -0.15) is 5.26 Å². The van der Waals surface area contributed by atoms with Gasteiger partial charge in [0.25, 0.3) is 0 Å². The second-order valence-electron chi connectivity index (χ2n) is 5.65. The quantitative estimate of drug-likeness (QED) is 0.691. The fourth-order valence-corrected chi connectivity index (χ4v) is 4.54. The van der Waals surface area contributed by atoms with Crippen molar-refractivity contribution < 1.29 is 0 Å². The molecule has 0 aliphatic heterocycles. The average Bonchev–Trinajstić information content (AvgIpc) is 3.14. The zero-order valence-electron chi connectivity index (χ0n) is 12.2. The zero-order valence-corrected chi connectivity index (χ0v) is 13.8. The number of fused-ring (bicyclic) bond motifs is 3. The lowest BCUT2D eigenvalue weighted by atomic mass is 10.1. The van der Waals surface area contributed by atoms with Crippen LogP contribution in [0, 0.1) is 18.3 Å². The Morgan fingerprint density at radius 1 is 1.41 bits per heavy atom. The fraction of sp³-hybridized carbons (Fsp3) is 0.294. The first-order chi connectivity index (χ1) is 10.7. The van der Waals surface area contributed by atoms with Crippen molar-refractivity contribution >= 4 is 27.9 Å². The Kier molecular flexibility index (Phi) is 3.21. The number of aryl methyl sites for hydroxylation is 3. The summed E-state index contributed by atoms with van der Waals surface area (Å²) in [5, 5.41) is 10.0. The first-order valence-corrected chi connectivity index (χ1v) is 8.54. The van der Waals surface area contributed by atoms with E-state index in [4.69, 9.17) is 16.6 Å². The summed E-state index contributed by atoms with van der Waals surface area (Å²) in [5.41, 5.74) is 5.36. The lowest BCUT2D eigenvalue weighted by molar-refractivity contribution is 0.877. The van der Waals surface area contributed by atoms with Crippen LogP contribution in [0.1, 0.15) is 28.2 Å². The van der Waals surface area contributed by atoms with Gasteiger partial charge in [0.15, 0.2) is 4.96 Å². The minimum absolute atomic E-state index is 0.376. The first-order valence-electron chi connectivity index (χ1n) is 7.34. The van der Waals surface area contributed by atoms with Gasteiger partial charge >= 0.3 is 0 Å². The second-order valence-corrected chi connectivity index (χ2v) is 7.12. The number of halogens is 1. The molecule has 5 heteroatoms. The molecule has 0 radical (unpaired) electrons. The molecule has 1 aliphatic carbocycles. The van der Waals surface area contributed by atoms with E-state index in [0.29, 0.717) is 6.42 Å². The lowest BCUT2D eigenvalue weighted by Gasteiger charge is -2.05. The van der Waals surface area contributed by atoms with E-state index >= 15 is 0 Å². The molecule has 2 aromatic heterocycles. The number of nitriles is 1. The van der Waals surface area contributed by atoms with Gasteiger partial charge in [-0.05, 0) is 43.9 Å². The minimum Gasteiger partial charge on any atom is -0.290 e. The van der Waals surface area contributed by atoms with E-state index in [1.54, 1.807) is 11.3 Å². The summed E-state index contributed by atoms with van der Waals surface area (Å²) in [6, 6.07) is 8.24. The molecule has 0 unspecified atom stereocenters. The molecule has 0 atom stereocenters. The SMILES string of the molecule is Cc1cc(-c2nc3sc4c(n3c2CC#N)CCC4)ccc1Cl. The normalized spacial score (nSPS) is 13.5. The molecule has 4 rings (SSSR count). The summed E-state index contributed by atoms with van der Waals surface area (Å²) in [5.74, 6) is 0. The van der Waals surface area contributed by atoms with Crippen LogP contribution in [0.25, 0.3) is 16.2 Å². The number of hydrogen-bond acceptors (Lipinski definition) is 3. The third-order valence-corrected chi connectivity index (χ3v) is 5.81. The number of thiazole rings is 1. The Morgan fingerprint density at radius 2 is 2.27 bits per heavy atom. The van der Waals surface area contributed by atoms with Crippen molar-refractivity contribution in [2.75, 3.05) is 0 Å². The van der Waals surface area contributed by atoms with Crippen molar-refractivity contribution in [1.29, 1.82) is 5.26 Å². The van der Waals surface area contributed by atoms with Gasteiger partial charge in [0.2, 0.25) is 0 Å². The van der Waals surface area contributed by atoms with Crippen LogP contribution in [0.4, 0.5) is 0 Å². The molecular weight excluding hydrogens is 314 g/mol. The molecule has 0 fully saturated rings. The summed E-state index contributed by atoms with van der Waals surface area (Å²) in [6.07, 6.45) is 3.81. The molecule has 1 aromatic carbocycles. The smallest absolute Gasteiger partial charge is 0.194 e. The van der Waals surface area contributed by atoms with Crippen molar-refractivity contribution in [3.63, 3.8) is 0 Å². The van der Waals surface area contributed by atoms with E-state index in [2.05, 4.69) is 16.5 Å². The average molecular weight is 328 g/mol. The van der Waals surface area contributed by atoms with E-state index in [0.717, 1.165) is 45.3 Å². The largest absolute Gasteiger partial charge is 0.290 e. The highest BCUT2D eigenvalue weighted by Gasteiger charge is 2.24. The summed E-state index contributed by atoms with van der Waals surface area (Å²) in [6.45, 7) is 1.99. The third-order valence-electron chi connectivity index (χ3n) is 4.24. The van der Waals surface area contributed by atoms with Gasteiger partial charge in [-0.3, -0.25) is 4.40 Å². The number of hydrogen-bond donors (Lipinski definition) is 0. The van der Waals surface area contributed by atoms with Crippen molar-refractivity contribution in [2.24, 2.45) is 0 Å². The molecule has 0 saturated heterocycles. The number of imidazole rings is 1. The van der Waals surface area contributed by atoms with Gasteiger partial charge in [-0.1, -0.05) is 17.7 Å². The Morgan fingerprint density at radius 3 is 3.05 bits per heavy atom. The predicted octanol–water partition coefficient (Wildman–Crippen LogP) is 4.58. The van der Waals surface area contributed by atoms with Crippen LogP contribution < -0.4 is 0 Å². The number of rotatable bonds is 2. The van der Waals surface area contributed by atoms with E-state index in [1.807, 2.05) is 19.1 Å². The maximum Gasteiger partial charge on any atom is 0.194 e. The van der Waals surface area contributed by atoms with E-state index in [-0.39, 0.29) is 0 Å². The number of nitrogens with zero attached hydrogens (tertiary/aromatic N) is 3.